The average Bonchev–Trinajstić information content (AvgIpc) is 3.34. The second kappa shape index (κ2) is 13.5. The van der Waals surface area contributed by atoms with Gasteiger partial charge in [0.05, 0.1) is 30.0 Å². The van der Waals surface area contributed by atoms with E-state index in [9.17, 15) is 9.59 Å². The number of likely N-dealkylation sites (N-methyl/N-ethyl adjacent to an activating group) is 1. The molecule has 0 fully saturated rings. The molecule has 0 bridgehead atoms. The largest absolute Gasteiger partial charge is 0.496 e. The van der Waals surface area contributed by atoms with Crippen LogP contribution >= 0.6 is 22.9 Å². The number of carbonyl (C=O) groups is 1. The van der Waals surface area contributed by atoms with E-state index in [1.165, 1.54) is 11.3 Å². The normalized spacial score (nSPS) is 14.6. The summed E-state index contributed by atoms with van der Waals surface area (Å²) >= 11 is 7.56. The van der Waals surface area contributed by atoms with Crippen LogP contribution in [0.4, 0.5) is 0 Å². The number of benzene rings is 3. The van der Waals surface area contributed by atoms with Gasteiger partial charge in [0, 0.05) is 29.2 Å². The van der Waals surface area contributed by atoms with Gasteiger partial charge in [0.25, 0.3) is 11.5 Å². The number of aromatic nitrogens is 1. The van der Waals surface area contributed by atoms with Crippen molar-refractivity contribution in [1.29, 1.82) is 0 Å². The number of hydrogen-bond acceptors (Lipinski definition) is 7. The molecule has 2 heterocycles. The fourth-order valence-corrected chi connectivity index (χ4v) is 6.52. The summed E-state index contributed by atoms with van der Waals surface area (Å²) in [7, 11) is 3.15. The first-order chi connectivity index (χ1) is 21.3. The molecule has 44 heavy (non-hydrogen) atoms. The van der Waals surface area contributed by atoms with E-state index in [2.05, 4.69) is 0 Å². The van der Waals surface area contributed by atoms with E-state index in [1.807, 2.05) is 81.4 Å². The van der Waals surface area contributed by atoms with E-state index in [1.54, 1.807) is 35.8 Å². The maximum Gasteiger partial charge on any atom is 0.271 e. The van der Waals surface area contributed by atoms with Crippen molar-refractivity contribution in [1.82, 2.24) is 9.47 Å². The lowest BCUT2D eigenvalue weighted by Gasteiger charge is -2.29. The van der Waals surface area contributed by atoms with Crippen molar-refractivity contribution in [2.24, 2.45) is 4.99 Å². The second-order valence-electron chi connectivity index (χ2n) is 10.1. The topological polar surface area (TPSA) is 82.4 Å². The van der Waals surface area contributed by atoms with Gasteiger partial charge in [0.1, 0.15) is 18.4 Å². The van der Waals surface area contributed by atoms with Crippen LogP contribution in [0.3, 0.4) is 0 Å². The molecule has 8 nitrogen and oxygen atoms in total. The average molecular weight is 632 g/mol. The van der Waals surface area contributed by atoms with Gasteiger partial charge in [-0.15, -0.1) is 0 Å². The summed E-state index contributed by atoms with van der Waals surface area (Å²) in [5.74, 6) is 1.51. The predicted octanol–water partition coefficient (Wildman–Crippen LogP) is 5.35. The number of hydrogen-bond donors (Lipinski definition) is 0. The molecule has 3 aromatic carbocycles. The highest BCUT2D eigenvalue weighted by Crippen LogP contribution is 2.36. The molecular formula is C34H34ClN3O5S. The summed E-state index contributed by atoms with van der Waals surface area (Å²) in [5, 5.41) is 0.627. The number of para-hydroxylation sites is 1. The van der Waals surface area contributed by atoms with Crippen LogP contribution in [0.1, 0.15) is 43.5 Å². The molecule has 1 aliphatic rings. The lowest BCUT2D eigenvalue weighted by atomic mass is 9.94. The molecule has 0 N–H and O–H groups in total. The molecule has 0 radical (unpaired) electrons. The van der Waals surface area contributed by atoms with Crippen LogP contribution in [0.25, 0.3) is 6.08 Å². The first kappa shape index (κ1) is 31.1. The number of halogens is 1. The van der Waals surface area contributed by atoms with Gasteiger partial charge >= 0.3 is 0 Å². The SMILES string of the molecule is CCN(CC)C(=O)C1=C(C)N=c2s/c(=C/c3ccc(OCc4ccccc4Cl)c(OC)c3)c(=O)n2[C@@H]1c1ccccc1OC. The minimum atomic E-state index is -0.701. The standard InChI is InChI=1S/C34H34ClN3O5S/c1-6-37(7-2)33(40)30-21(3)36-34-38(31(30)24-13-9-11-15-26(24)41-4)32(39)29(44-34)19-22-16-17-27(28(18-22)42-5)43-20-23-12-8-10-14-25(23)35/h8-19,31H,6-7,20H2,1-5H3/b29-19+/t31-/m1/s1. The molecule has 0 saturated carbocycles. The number of amides is 1. The highest BCUT2D eigenvalue weighted by atomic mass is 35.5. The summed E-state index contributed by atoms with van der Waals surface area (Å²) < 4.78 is 19.4. The Morgan fingerprint density at radius 2 is 1.70 bits per heavy atom. The van der Waals surface area contributed by atoms with E-state index in [0.29, 0.717) is 61.5 Å². The van der Waals surface area contributed by atoms with Gasteiger partial charge in [0.15, 0.2) is 16.3 Å². The number of thiazole rings is 1. The first-order valence-electron chi connectivity index (χ1n) is 14.3. The maximum absolute atomic E-state index is 14.1. The quantitative estimate of drug-likeness (QED) is 0.236. The van der Waals surface area contributed by atoms with E-state index in [4.69, 9.17) is 30.8 Å². The Bertz CT molecular complexity index is 1910. The molecule has 1 aromatic heterocycles. The summed E-state index contributed by atoms with van der Waals surface area (Å²) in [4.78, 5) is 35.0. The molecule has 0 spiro atoms. The highest BCUT2D eigenvalue weighted by molar-refractivity contribution is 7.07. The molecule has 4 aromatic rings. The Morgan fingerprint density at radius 3 is 2.41 bits per heavy atom. The third-order valence-electron chi connectivity index (χ3n) is 7.56. The van der Waals surface area contributed by atoms with Crippen molar-refractivity contribution in [3.05, 3.63) is 119 Å². The van der Waals surface area contributed by atoms with Crippen LogP contribution < -0.4 is 29.1 Å². The Kier molecular flexibility index (Phi) is 9.56. The minimum absolute atomic E-state index is 0.154. The summed E-state index contributed by atoms with van der Waals surface area (Å²) in [6.45, 7) is 7.05. The number of carbonyl (C=O) groups excluding carboxylic acids is 1. The number of nitrogens with zero attached hydrogens (tertiary/aromatic N) is 3. The fraction of sp³-hybridized carbons (Fsp3) is 0.265. The van der Waals surface area contributed by atoms with Crippen molar-refractivity contribution in [3.63, 3.8) is 0 Å². The smallest absolute Gasteiger partial charge is 0.271 e. The van der Waals surface area contributed by atoms with Crippen molar-refractivity contribution < 1.29 is 19.0 Å². The number of fused-ring (bicyclic) bond motifs is 1. The minimum Gasteiger partial charge on any atom is -0.496 e. The van der Waals surface area contributed by atoms with Crippen LogP contribution in [0.2, 0.25) is 5.02 Å². The number of ether oxygens (including phenoxy) is 3. The van der Waals surface area contributed by atoms with Crippen LogP contribution in [0, 0.1) is 0 Å². The zero-order chi connectivity index (χ0) is 31.4. The molecule has 0 aliphatic carbocycles. The lowest BCUT2D eigenvalue weighted by molar-refractivity contribution is -0.127. The Balaban J connectivity index is 1.59. The molecule has 0 unspecified atom stereocenters. The zero-order valence-corrected chi connectivity index (χ0v) is 26.9. The second-order valence-corrected chi connectivity index (χ2v) is 11.5. The molecule has 1 atom stereocenters. The first-order valence-corrected chi connectivity index (χ1v) is 15.5. The number of allylic oxidation sites excluding steroid dienone is 1. The summed E-state index contributed by atoms with van der Waals surface area (Å²) in [5.41, 5.74) is 3.11. The monoisotopic (exact) mass is 631 g/mol. The molecule has 0 saturated heterocycles. The number of methoxy groups -OCH3 is 2. The molecule has 1 amide bonds. The van der Waals surface area contributed by atoms with Crippen LogP contribution in [-0.4, -0.2) is 42.7 Å². The van der Waals surface area contributed by atoms with Gasteiger partial charge in [-0.3, -0.25) is 14.2 Å². The van der Waals surface area contributed by atoms with Gasteiger partial charge in [0.2, 0.25) is 0 Å². The summed E-state index contributed by atoms with van der Waals surface area (Å²) in [6, 6.07) is 19.8. The molecular weight excluding hydrogens is 598 g/mol. The summed E-state index contributed by atoms with van der Waals surface area (Å²) in [6.07, 6.45) is 1.80. The van der Waals surface area contributed by atoms with Crippen molar-refractivity contribution >= 4 is 34.9 Å². The maximum atomic E-state index is 14.1. The van der Waals surface area contributed by atoms with E-state index in [0.717, 1.165) is 11.1 Å². The van der Waals surface area contributed by atoms with Crippen LogP contribution in [-0.2, 0) is 11.4 Å². The molecule has 228 valence electrons. The van der Waals surface area contributed by atoms with E-state index < -0.39 is 6.04 Å². The molecule has 1 aliphatic heterocycles. The highest BCUT2D eigenvalue weighted by Gasteiger charge is 2.35. The van der Waals surface area contributed by atoms with Crippen molar-refractivity contribution in [3.8, 4) is 17.2 Å². The third-order valence-corrected chi connectivity index (χ3v) is 8.91. The van der Waals surface area contributed by atoms with Gasteiger partial charge < -0.3 is 19.1 Å². The predicted molar refractivity (Wildman–Crippen MR) is 173 cm³/mol. The van der Waals surface area contributed by atoms with Gasteiger partial charge in [-0.05, 0) is 56.7 Å². The van der Waals surface area contributed by atoms with Crippen LogP contribution in [0.5, 0.6) is 17.2 Å². The lowest BCUT2D eigenvalue weighted by Crippen LogP contribution is -2.43. The Hall–Kier alpha value is -4.34. The van der Waals surface area contributed by atoms with E-state index >= 15 is 0 Å². The number of rotatable bonds is 10. The van der Waals surface area contributed by atoms with Crippen LogP contribution in [0.15, 0.2) is 87.8 Å². The van der Waals surface area contributed by atoms with Crippen molar-refractivity contribution in [2.75, 3.05) is 27.3 Å². The fourth-order valence-electron chi connectivity index (χ4n) is 5.28. The Labute approximate surface area is 265 Å². The van der Waals surface area contributed by atoms with Gasteiger partial charge in [-0.1, -0.05) is 65.4 Å². The molecule has 10 heteroatoms. The van der Waals surface area contributed by atoms with Crippen molar-refractivity contribution in [2.45, 2.75) is 33.4 Å². The third kappa shape index (κ3) is 6.02. The Morgan fingerprint density at radius 1 is 1.00 bits per heavy atom. The van der Waals surface area contributed by atoms with E-state index in [-0.39, 0.29) is 18.1 Å². The zero-order valence-electron chi connectivity index (χ0n) is 25.3. The van der Waals surface area contributed by atoms with Gasteiger partial charge in [-0.2, -0.15) is 0 Å². The van der Waals surface area contributed by atoms with Gasteiger partial charge in [-0.25, -0.2) is 4.99 Å². The molecule has 5 rings (SSSR count).